The van der Waals surface area contributed by atoms with E-state index in [2.05, 4.69) is 22.5 Å². The molecular formula is C18H28N4O2. The Morgan fingerprint density at radius 2 is 2.00 bits per heavy atom. The van der Waals surface area contributed by atoms with Gasteiger partial charge in [-0.25, -0.2) is 4.79 Å². The summed E-state index contributed by atoms with van der Waals surface area (Å²) in [7, 11) is 0. The highest BCUT2D eigenvalue weighted by molar-refractivity contribution is 5.92. The van der Waals surface area contributed by atoms with Crippen LogP contribution in [0.5, 0.6) is 0 Å². The largest absolute Gasteiger partial charge is 0.366 e. The van der Waals surface area contributed by atoms with E-state index in [-0.39, 0.29) is 6.03 Å². The summed E-state index contributed by atoms with van der Waals surface area (Å²) < 4.78 is 0. The summed E-state index contributed by atoms with van der Waals surface area (Å²) in [6.45, 7) is 6.72. The Morgan fingerprint density at radius 1 is 1.25 bits per heavy atom. The lowest BCUT2D eigenvalue weighted by Gasteiger charge is -2.30. The van der Waals surface area contributed by atoms with Crippen LogP contribution in [-0.2, 0) is 6.54 Å². The maximum Gasteiger partial charge on any atom is 0.315 e. The first-order valence-corrected chi connectivity index (χ1v) is 8.67. The number of nitrogens with zero attached hydrogens (tertiary/aromatic N) is 1. The first-order valence-electron chi connectivity index (χ1n) is 8.67. The Bertz CT molecular complexity index is 554. The van der Waals surface area contributed by atoms with Gasteiger partial charge in [0.2, 0.25) is 5.91 Å². The summed E-state index contributed by atoms with van der Waals surface area (Å²) in [6, 6.07) is 6.78. The van der Waals surface area contributed by atoms with Crippen molar-refractivity contribution in [3.63, 3.8) is 0 Å². The van der Waals surface area contributed by atoms with Gasteiger partial charge < -0.3 is 21.3 Å². The monoisotopic (exact) mass is 332 g/mol. The molecule has 1 saturated heterocycles. The van der Waals surface area contributed by atoms with Gasteiger partial charge in [0.15, 0.2) is 0 Å². The average molecular weight is 332 g/mol. The lowest BCUT2D eigenvalue weighted by molar-refractivity contribution is 0.1000. The van der Waals surface area contributed by atoms with Crippen LogP contribution >= 0.6 is 0 Å². The Labute approximate surface area is 143 Å². The number of likely N-dealkylation sites (tertiary alicyclic amines) is 1. The first kappa shape index (κ1) is 18.3. The highest BCUT2D eigenvalue weighted by Crippen LogP contribution is 2.15. The number of nitrogens with one attached hydrogen (secondary N) is 2. The number of urea groups is 1. The van der Waals surface area contributed by atoms with Gasteiger partial charge in [-0.3, -0.25) is 4.79 Å². The molecule has 2 rings (SSSR count). The highest BCUT2D eigenvalue weighted by Gasteiger charge is 2.14. The molecule has 0 saturated carbocycles. The van der Waals surface area contributed by atoms with Crippen LogP contribution in [0, 0.1) is 5.92 Å². The zero-order valence-corrected chi connectivity index (χ0v) is 14.4. The number of piperidine rings is 1. The lowest BCUT2D eigenvalue weighted by atomic mass is 9.99. The standard InChI is InChI=1S/C18H28N4O2/c1-14-6-10-22(11-7-14)9-3-8-20-18(24)21-13-15-4-2-5-16(12-15)17(19)23/h2,4-5,12,14H,3,6-11,13H2,1H3,(H2,19,23)(H2,20,21,24). The molecule has 1 aromatic rings. The molecule has 4 N–H and O–H groups in total. The Balaban J connectivity index is 1.60. The summed E-state index contributed by atoms with van der Waals surface area (Å²) >= 11 is 0. The Hall–Kier alpha value is -2.08. The zero-order chi connectivity index (χ0) is 17.4. The average Bonchev–Trinajstić information content (AvgIpc) is 2.58. The van der Waals surface area contributed by atoms with Crippen molar-refractivity contribution in [2.75, 3.05) is 26.2 Å². The number of carbonyl (C=O) groups excluding carboxylic acids is 2. The SMILES string of the molecule is CC1CCN(CCCNC(=O)NCc2cccc(C(N)=O)c2)CC1. The zero-order valence-electron chi connectivity index (χ0n) is 14.4. The number of nitrogens with two attached hydrogens (primary N) is 1. The molecule has 1 aromatic carbocycles. The summed E-state index contributed by atoms with van der Waals surface area (Å²) in [6.07, 6.45) is 3.51. The fourth-order valence-corrected chi connectivity index (χ4v) is 2.87. The van der Waals surface area contributed by atoms with Gasteiger partial charge in [-0.1, -0.05) is 19.1 Å². The molecule has 6 heteroatoms. The number of hydrogen-bond donors (Lipinski definition) is 3. The van der Waals surface area contributed by atoms with Gasteiger partial charge in [-0.05, 0) is 62.5 Å². The molecule has 1 aliphatic rings. The maximum absolute atomic E-state index is 11.8. The van der Waals surface area contributed by atoms with Crippen LogP contribution in [0.1, 0.15) is 42.1 Å². The minimum Gasteiger partial charge on any atom is -0.366 e. The predicted octanol–water partition coefficient (Wildman–Crippen LogP) is 1.71. The molecular weight excluding hydrogens is 304 g/mol. The number of hydrogen-bond acceptors (Lipinski definition) is 3. The molecule has 0 unspecified atom stereocenters. The van der Waals surface area contributed by atoms with E-state index in [1.54, 1.807) is 18.2 Å². The molecule has 0 spiro atoms. The molecule has 1 heterocycles. The fraction of sp³-hybridized carbons (Fsp3) is 0.556. The van der Waals surface area contributed by atoms with E-state index < -0.39 is 5.91 Å². The summed E-state index contributed by atoms with van der Waals surface area (Å²) in [5.74, 6) is 0.381. The number of primary amides is 1. The third-order valence-corrected chi connectivity index (χ3v) is 4.48. The predicted molar refractivity (Wildman–Crippen MR) is 94.7 cm³/mol. The van der Waals surface area contributed by atoms with Gasteiger partial charge in [0, 0.05) is 18.7 Å². The molecule has 6 nitrogen and oxygen atoms in total. The van der Waals surface area contributed by atoms with Crippen molar-refractivity contribution in [3.8, 4) is 0 Å². The quantitative estimate of drug-likeness (QED) is 0.664. The molecule has 0 bridgehead atoms. The van der Waals surface area contributed by atoms with Crippen molar-refractivity contribution in [2.45, 2.75) is 32.7 Å². The van der Waals surface area contributed by atoms with Crippen LogP contribution in [0.25, 0.3) is 0 Å². The van der Waals surface area contributed by atoms with Crippen molar-refractivity contribution in [1.29, 1.82) is 0 Å². The van der Waals surface area contributed by atoms with Gasteiger partial charge in [-0.15, -0.1) is 0 Å². The van der Waals surface area contributed by atoms with Crippen molar-refractivity contribution in [2.24, 2.45) is 11.7 Å². The fourth-order valence-electron chi connectivity index (χ4n) is 2.87. The molecule has 0 radical (unpaired) electrons. The molecule has 0 aromatic heterocycles. The number of benzene rings is 1. The van der Waals surface area contributed by atoms with Crippen LogP contribution in [0.2, 0.25) is 0 Å². The van der Waals surface area contributed by atoms with E-state index >= 15 is 0 Å². The van der Waals surface area contributed by atoms with E-state index in [1.165, 1.54) is 25.9 Å². The van der Waals surface area contributed by atoms with Crippen molar-refractivity contribution < 1.29 is 9.59 Å². The second-order valence-corrected chi connectivity index (χ2v) is 6.55. The van der Waals surface area contributed by atoms with E-state index in [9.17, 15) is 9.59 Å². The number of amides is 3. The van der Waals surface area contributed by atoms with Gasteiger partial charge in [0.25, 0.3) is 0 Å². The minimum atomic E-state index is -0.464. The topological polar surface area (TPSA) is 87.5 Å². The third kappa shape index (κ3) is 6.20. The van der Waals surface area contributed by atoms with Crippen molar-refractivity contribution in [1.82, 2.24) is 15.5 Å². The molecule has 24 heavy (non-hydrogen) atoms. The first-order chi connectivity index (χ1) is 11.5. The van der Waals surface area contributed by atoms with E-state index in [0.29, 0.717) is 18.7 Å². The highest BCUT2D eigenvalue weighted by atomic mass is 16.2. The number of carbonyl (C=O) groups is 2. The summed E-state index contributed by atoms with van der Waals surface area (Å²) in [5.41, 5.74) is 6.55. The summed E-state index contributed by atoms with van der Waals surface area (Å²) in [5, 5.41) is 5.66. The second kappa shape index (κ2) is 9.27. The van der Waals surface area contributed by atoms with E-state index in [1.807, 2.05) is 6.07 Å². The van der Waals surface area contributed by atoms with Crippen molar-refractivity contribution in [3.05, 3.63) is 35.4 Å². The van der Waals surface area contributed by atoms with Gasteiger partial charge in [-0.2, -0.15) is 0 Å². The van der Waals surface area contributed by atoms with Crippen LogP contribution in [0.3, 0.4) is 0 Å². The van der Waals surface area contributed by atoms with Crippen LogP contribution in [0.4, 0.5) is 4.79 Å². The Morgan fingerprint density at radius 3 is 2.71 bits per heavy atom. The maximum atomic E-state index is 11.8. The summed E-state index contributed by atoms with van der Waals surface area (Å²) in [4.78, 5) is 25.4. The van der Waals surface area contributed by atoms with Crippen LogP contribution < -0.4 is 16.4 Å². The van der Waals surface area contributed by atoms with E-state index in [4.69, 9.17) is 5.73 Å². The molecule has 1 fully saturated rings. The van der Waals surface area contributed by atoms with Gasteiger partial charge >= 0.3 is 6.03 Å². The molecule has 132 valence electrons. The van der Waals surface area contributed by atoms with Crippen LogP contribution in [-0.4, -0.2) is 43.0 Å². The van der Waals surface area contributed by atoms with Gasteiger partial charge in [0.05, 0.1) is 0 Å². The third-order valence-electron chi connectivity index (χ3n) is 4.48. The normalized spacial score (nSPS) is 15.9. The molecule has 0 aliphatic carbocycles. The molecule has 1 aliphatic heterocycles. The van der Waals surface area contributed by atoms with E-state index in [0.717, 1.165) is 24.4 Å². The second-order valence-electron chi connectivity index (χ2n) is 6.55. The van der Waals surface area contributed by atoms with Crippen LogP contribution in [0.15, 0.2) is 24.3 Å². The number of rotatable bonds is 7. The molecule has 0 atom stereocenters. The lowest BCUT2D eigenvalue weighted by Crippen LogP contribution is -2.38. The van der Waals surface area contributed by atoms with Gasteiger partial charge in [0.1, 0.15) is 0 Å². The Kier molecular flexibility index (Phi) is 7.06. The minimum absolute atomic E-state index is 0.188. The molecule has 3 amide bonds. The smallest absolute Gasteiger partial charge is 0.315 e. The van der Waals surface area contributed by atoms with Crippen molar-refractivity contribution >= 4 is 11.9 Å².